The third-order valence-corrected chi connectivity index (χ3v) is 4.06. The average molecular weight is 281 g/mol. The number of nitrogens with zero attached hydrogens (tertiary/aromatic N) is 1. The van der Waals surface area contributed by atoms with Crippen LogP contribution in [0.3, 0.4) is 0 Å². The van der Waals surface area contributed by atoms with E-state index in [0.29, 0.717) is 15.6 Å². The van der Waals surface area contributed by atoms with Gasteiger partial charge in [-0.05, 0) is 6.92 Å². The molecule has 0 radical (unpaired) electrons. The number of ketones is 1. The predicted octanol–water partition coefficient (Wildman–Crippen LogP) is 4.43. The van der Waals surface area contributed by atoms with Crippen LogP contribution in [0.4, 0.5) is 8.78 Å². The number of aromatic nitrogens is 1. The second-order valence-electron chi connectivity index (χ2n) is 4.46. The first kappa shape index (κ1) is 13.8. The fourth-order valence-electron chi connectivity index (χ4n) is 1.75. The number of hydrogen-bond acceptors (Lipinski definition) is 3. The summed E-state index contributed by atoms with van der Waals surface area (Å²) in [5.41, 5.74) is 1.39. The molecular formula is C14H13F2NOS. The lowest BCUT2D eigenvalue weighted by atomic mass is 10.1. The summed E-state index contributed by atoms with van der Waals surface area (Å²) in [5, 5.41) is 0.675. The number of halogens is 2. The number of benzene rings is 1. The Bertz CT molecular complexity index is 611. The van der Waals surface area contributed by atoms with E-state index in [2.05, 4.69) is 4.98 Å². The SMILES string of the molecule is CC(=O)c1sc(-c2ccc(C(C)(F)F)cc2)nc1C. The van der Waals surface area contributed by atoms with E-state index in [0.717, 1.165) is 12.5 Å². The smallest absolute Gasteiger partial charge is 0.270 e. The molecule has 0 saturated carbocycles. The molecule has 5 heteroatoms. The lowest BCUT2D eigenvalue weighted by Gasteiger charge is -2.10. The molecule has 2 nitrogen and oxygen atoms in total. The Labute approximate surface area is 114 Å². The summed E-state index contributed by atoms with van der Waals surface area (Å²) in [6.45, 7) is 4.12. The number of carbonyl (C=O) groups is 1. The Morgan fingerprint density at radius 3 is 2.26 bits per heavy atom. The zero-order valence-corrected chi connectivity index (χ0v) is 11.6. The summed E-state index contributed by atoms with van der Waals surface area (Å²) in [4.78, 5) is 16.3. The maximum Gasteiger partial charge on any atom is 0.270 e. The molecule has 0 atom stereocenters. The van der Waals surface area contributed by atoms with Crippen molar-refractivity contribution in [1.29, 1.82) is 0 Å². The van der Waals surface area contributed by atoms with Gasteiger partial charge in [0.15, 0.2) is 5.78 Å². The first-order valence-electron chi connectivity index (χ1n) is 5.76. The van der Waals surface area contributed by atoms with Gasteiger partial charge in [0, 0.05) is 25.0 Å². The van der Waals surface area contributed by atoms with Crippen LogP contribution in [0.5, 0.6) is 0 Å². The van der Waals surface area contributed by atoms with E-state index in [1.807, 2.05) is 0 Å². The molecule has 0 unspecified atom stereocenters. The summed E-state index contributed by atoms with van der Waals surface area (Å²) in [7, 11) is 0. The summed E-state index contributed by atoms with van der Waals surface area (Å²) < 4.78 is 26.2. The highest BCUT2D eigenvalue weighted by Gasteiger charge is 2.24. The Hall–Kier alpha value is -1.62. The second-order valence-corrected chi connectivity index (χ2v) is 5.45. The highest BCUT2D eigenvalue weighted by Crippen LogP contribution is 2.31. The van der Waals surface area contributed by atoms with E-state index in [1.54, 1.807) is 19.1 Å². The number of Topliss-reactive ketones (excluding diaryl/α,β-unsaturated/α-hetero) is 1. The molecule has 100 valence electrons. The van der Waals surface area contributed by atoms with E-state index in [-0.39, 0.29) is 11.3 Å². The zero-order valence-electron chi connectivity index (χ0n) is 10.8. The fourth-order valence-corrected chi connectivity index (χ4v) is 2.72. The fraction of sp³-hybridized carbons (Fsp3) is 0.286. The normalized spacial score (nSPS) is 11.6. The van der Waals surface area contributed by atoms with Gasteiger partial charge in [-0.1, -0.05) is 24.3 Å². The average Bonchev–Trinajstić information content (AvgIpc) is 2.70. The Balaban J connectivity index is 2.38. The van der Waals surface area contributed by atoms with Crippen LogP contribution in [0.25, 0.3) is 10.6 Å². The first-order valence-corrected chi connectivity index (χ1v) is 6.58. The molecule has 0 aliphatic rings. The highest BCUT2D eigenvalue weighted by atomic mass is 32.1. The van der Waals surface area contributed by atoms with Crippen molar-refractivity contribution in [3.8, 4) is 10.6 Å². The third kappa shape index (κ3) is 2.87. The molecule has 0 saturated heterocycles. The van der Waals surface area contributed by atoms with Crippen molar-refractivity contribution in [2.45, 2.75) is 26.7 Å². The van der Waals surface area contributed by atoms with Gasteiger partial charge < -0.3 is 0 Å². The van der Waals surface area contributed by atoms with Gasteiger partial charge in [0.05, 0.1) is 10.6 Å². The van der Waals surface area contributed by atoms with Gasteiger partial charge in [0.1, 0.15) is 5.01 Å². The monoisotopic (exact) mass is 281 g/mol. The third-order valence-electron chi connectivity index (χ3n) is 2.76. The molecule has 0 fully saturated rings. The van der Waals surface area contributed by atoms with Gasteiger partial charge in [0.2, 0.25) is 0 Å². The Morgan fingerprint density at radius 1 is 1.26 bits per heavy atom. The maximum atomic E-state index is 13.1. The number of alkyl halides is 2. The Kier molecular flexibility index (Phi) is 3.49. The molecule has 0 aliphatic carbocycles. The van der Waals surface area contributed by atoms with Crippen LogP contribution >= 0.6 is 11.3 Å². The minimum Gasteiger partial charge on any atom is -0.294 e. The molecule has 0 N–H and O–H groups in total. The summed E-state index contributed by atoms with van der Waals surface area (Å²) in [5.74, 6) is -2.88. The van der Waals surface area contributed by atoms with Crippen molar-refractivity contribution in [3.63, 3.8) is 0 Å². The van der Waals surface area contributed by atoms with Crippen molar-refractivity contribution in [2.75, 3.05) is 0 Å². The Morgan fingerprint density at radius 2 is 1.84 bits per heavy atom. The van der Waals surface area contributed by atoms with E-state index in [4.69, 9.17) is 0 Å². The van der Waals surface area contributed by atoms with Gasteiger partial charge in [0.25, 0.3) is 5.92 Å². The predicted molar refractivity (Wildman–Crippen MR) is 71.9 cm³/mol. The van der Waals surface area contributed by atoms with Gasteiger partial charge >= 0.3 is 0 Å². The van der Waals surface area contributed by atoms with E-state index < -0.39 is 5.92 Å². The molecule has 0 aliphatic heterocycles. The van der Waals surface area contributed by atoms with Gasteiger partial charge in [-0.3, -0.25) is 4.79 Å². The molecule has 0 spiro atoms. The lowest BCUT2D eigenvalue weighted by Crippen LogP contribution is -2.06. The first-order chi connectivity index (χ1) is 8.79. The largest absolute Gasteiger partial charge is 0.294 e. The van der Waals surface area contributed by atoms with Crippen molar-refractivity contribution >= 4 is 17.1 Å². The van der Waals surface area contributed by atoms with Crippen LogP contribution in [-0.2, 0) is 5.92 Å². The van der Waals surface area contributed by atoms with Crippen LogP contribution in [0.2, 0.25) is 0 Å². The quantitative estimate of drug-likeness (QED) is 0.779. The minimum absolute atomic E-state index is 0.0297. The van der Waals surface area contributed by atoms with Gasteiger partial charge in [-0.15, -0.1) is 11.3 Å². The molecule has 1 aromatic heterocycles. The summed E-state index contributed by atoms with van der Waals surface area (Å²) >= 11 is 1.29. The molecule has 19 heavy (non-hydrogen) atoms. The molecule has 1 aromatic carbocycles. The molecule has 0 bridgehead atoms. The molecule has 2 aromatic rings. The van der Waals surface area contributed by atoms with Crippen LogP contribution in [0.1, 0.15) is 34.8 Å². The van der Waals surface area contributed by atoms with Gasteiger partial charge in [-0.2, -0.15) is 0 Å². The van der Waals surface area contributed by atoms with E-state index in [1.165, 1.54) is 30.4 Å². The number of thiazole rings is 1. The van der Waals surface area contributed by atoms with Crippen molar-refractivity contribution in [3.05, 3.63) is 40.4 Å². The molecule has 0 amide bonds. The number of aryl methyl sites for hydroxylation is 1. The summed E-state index contributed by atoms with van der Waals surface area (Å²) in [6, 6.07) is 5.99. The van der Waals surface area contributed by atoms with Crippen LogP contribution in [0, 0.1) is 6.92 Å². The minimum atomic E-state index is -2.85. The van der Waals surface area contributed by atoms with Gasteiger partial charge in [-0.25, -0.2) is 13.8 Å². The number of hydrogen-bond donors (Lipinski definition) is 0. The van der Waals surface area contributed by atoms with E-state index >= 15 is 0 Å². The maximum absolute atomic E-state index is 13.1. The van der Waals surface area contributed by atoms with Crippen molar-refractivity contribution in [1.82, 2.24) is 4.98 Å². The highest BCUT2D eigenvalue weighted by molar-refractivity contribution is 7.17. The second kappa shape index (κ2) is 4.81. The van der Waals surface area contributed by atoms with Crippen LogP contribution in [-0.4, -0.2) is 10.8 Å². The lowest BCUT2D eigenvalue weighted by molar-refractivity contribution is 0.0175. The standard InChI is InChI=1S/C14H13F2NOS/c1-8-12(9(2)18)19-13(17-8)10-4-6-11(7-5-10)14(3,15)16/h4-7H,1-3H3. The van der Waals surface area contributed by atoms with Crippen molar-refractivity contribution in [2.24, 2.45) is 0 Å². The topological polar surface area (TPSA) is 30.0 Å². The molecule has 2 rings (SSSR count). The molecule has 1 heterocycles. The van der Waals surface area contributed by atoms with Crippen LogP contribution in [0.15, 0.2) is 24.3 Å². The summed E-state index contributed by atoms with van der Waals surface area (Å²) in [6.07, 6.45) is 0. The number of rotatable bonds is 3. The van der Waals surface area contributed by atoms with E-state index in [9.17, 15) is 13.6 Å². The number of carbonyl (C=O) groups excluding carboxylic acids is 1. The van der Waals surface area contributed by atoms with Crippen LogP contribution < -0.4 is 0 Å². The van der Waals surface area contributed by atoms with Crippen molar-refractivity contribution < 1.29 is 13.6 Å². The zero-order chi connectivity index (χ0) is 14.2. The molecular weight excluding hydrogens is 268 g/mol.